The van der Waals surface area contributed by atoms with Crippen LogP contribution in [-0.4, -0.2) is 28.1 Å². The third-order valence-electron chi connectivity index (χ3n) is 3.24. The lowest BCUT2D eigenvalue weighted by molar-refractivity contribution is -0.139. The van der Waals surface area contributed by atoms with Crippen LogP contribution in [0.25, 0.3) is 0 Å². The van der Waals surface area contributed by atoms with Crippen molar-refractivity contribution in [3.05, 3.63) is 29.6 Å². The molecule has 0 saturated carbocycles. The third kappa shape index (κ3) is 3.39. The maximum Gasteiger partial charge on any atom is 0.270 e. The number of benzene rings is 1. The molecule has 0 aromatic heterocycles. The molecule has 1 aliphatic heterocycles. The van der Waals surface area contributed by atoms with Gasteiger partial charge in [0.05, 0.1) is 5.69 Å². The second-order valence-corrected chi connectivity index (χ2v) is 5.91. The first-order valence-electron chi connectivity index (χ1n) is 6.14. The first-order valence-corrected chi connectivity index (χ1v) is 7.29. The minimum Gasteiger partial charge on any atom is -0.380 e. The molecule has 0 aliphatic carbocycles. The van der Waals surface area contributed by atoms with E-state index in [0.29, 0.717) is 24.1 Å². The highest BCUT2D eigenvalue weighted by atomic mass is 32.2. The highest BCUT2D eigenvalue weighted by Gasteiger charge is 2.37. The molecule has 1 saturated heterocycles. The van der Waals surface area contributed by atoms with Crippen LogP contribution in [0.3, 0.4) is 0 Å². The summed E-state index contributed by atoms with van der Waals surface area (Å²) < 4.78 is 12.9. The predicted octanol–water partition coefficient (Wildman–Crippen LogP) is 1.84. The number of nitrogens with one attached hydrogen (secondary N) is 2. The van der Waals surface area contributed by atoms with Gasteiger partial charge in [-0.3, -0.25) is 15.6 Å². The summed E-state index contributed by atoms with van der Waals surface area (Å²) in [4.78, 5) is 12.0. The first-order chi connectivity index (χ1) is 9.01. The summed E-state index contributed by atoms with van der Waals surface area (Å²) in [5.74, 6) is 0.799. The number of aliphatic hydroxyl groups is 1. The molecule has 1 heterocycles. The van der Waals surface area contributed by atoms with E-state index >= 15 is 0 Å². The van der Waals surface area contributed by atoms with Gasteiger partial charge in [-0.1, -0.05) is 0 Å². The molecule has 0 radical (unpaired) electrons. The van der Waals surface area contributed by atoms with Gasteiger partial charge in [-0.2, -0.15) is 11.8 Å². The lowest BCUT2D eigenvalue weighted by atomic mass is 9.96. The molecular weight excluding hydrogens is 267 g/mol. The van der Waals surface area contributed by atoms with E-state index in [1.165, 1.54) is 12.1 Å². The Kier molecular flexibility index (Phi) is 4.31. The Hall–Kier alpha value is -1.27. The van der Waals surface area contributed by atoms with Crippen molar-refractivity contribution >= 4 is 23.4 Å². The molecule has 0 spiro atoms. The van der Waals surface area contributed by atoms with E-state index in [4.69, 9.17) is 0 Å². The molecule has 0 bridgehead atoms. The standard InChI is InChI=1S/C13H17FN2O2S/c1-9-8-10(14)2-3-11(9)15-16-12(17)13(18)4-6-19-7-5-13/h2-3,8,15,18H,4-7H2,1H3,(H,16,17). The molecule has 3 N–H and O–H groups in total. The molecule has 1 aromatic rings. The number of halogens is 1. The van der Waals surface area contributed by atoms with Crippen molar-refractivity contribution in [3.63, 3.8) is 0 Å². The number of aryl methyl sites for hydroxylation is 1. The van der Waals surface area contributed by atoms with Gasteiger partial charge in [-0.25, -0.2) is 4.39 Å². The summed E-state index contributed by atoms with van der Waals surface area (Å²) in [5, 5.41) is 10.2. The Bertz CT molecular complexity index is 476. The normalized spacial score (nSPS) is 17.8. The predicted molar refractivity (Wildman–Crippen MR) is 74.4 cm³/mol. The summed E-state index contributed by atoms with van der Waals surface area (Å²) >= 11 is 1.73. The van der Waals surface area contributed by atoms with Crippen molar-refractivity contribution in [3.8, 4) is 0 Å². The average molecular weight is 284 g/mol. The fraction of sp³-hybridized carbons (Fsp3) is 0.462. The van der Waals surface area contributed by atoms with Gasteiger partial charge in [-0.15, -0.1) is 0 Å². The minimum absolute atomic E-state index is 0.322. The Morgan fingerprint density at radius 3 is 2.74 bits per heavy atom. The Morgan fingerprint density at radius 1 is 1.42 bits per heavy atom. The Balaban J connectivity index is 1.96. The Morgan fingerprint density at radius 2 is 2.11 bits per heavy atom. The third-order valence-corrected chi connectivity index (χ3v) is 4.23. The average Bonchev–Trinajstić information content (AvgIpc) is 2.38. The summed E-state index contributed by atoms with van der Waals surface area (Å²) in [6.45, 7) is 1.74. The number of hydrogen-bond acceptors (Lipinski definition) is 4. The molecule has 1 fully saturated rings. The number of rotatable bonds is 3. The number of carbonyl (C=O) groups excluding carboxylic acids is 1. The molecule has 0 atom stereocenters. The molecule has 1 amide bonds. The van der Waals surface area contributed by atoms with Crippen LogP contribution in [-0.2, 0) is 4.79 Å². The van der Waals surface area contributed by atoms with Gasteiger partial charge in [0.25, 0.3) is 5.91 Å². The number of thioether (sulfide) groups is 1. The van der Waals surface area contributed by atoms with Crippen molar-refractivity contribution < 1.29 is 14.3 Å². The second-order valence-electron chi connectivity index (χ2n) is 4.68. The summed E-state index contributed by atoms with van der Waals surface area (Å²) in [7, 11) is 0. The van der Waals surface area contributed by atoms with Crippen molar-refractivity contribution in [2.45, 2.75) is 25.4 Å². The number of carbonyl (C=O) groups is 1. The SMILES string of the molecule is Cc1cc(F)ccc1NNC(=O)C1(O)CCSCC1. The van der Waals surface area contributed by atoms with Crippen molar-refractivity contribution in [1.82, 2.24) is 5.43 Å². The van der Waals surface area contributed by atoms with E-state index in [1.54, 1.807) is 24.8 Å². The van der Waals surface area contributed by atoms with E-state index in [1.807, 2.05) is 0 Å². The van der Waals surface area contributed by atoms with Crippen LogP contribution in [0.2, 0.25) is 0 Å². The van der Waals surface area contributed by atoms with Crippen LogP contribution in [0.4, 0.5) is 10.1 Å². The fourth-order valence-electron chi connectivity index (χ4n) is 1.94. The zero-order chi connectivity index (χ0) is 13.9. The van der Waals surface area contributed by atoms with E-state index in [0.717, 1.165) is 11.5 Å². The van der Waals surface area contributed by atoms with Gasteiger partial charge in [0.1, 0.15) is 11.4 Å². The van der Waals surface area contributed by atoms with Crippen molar-refractivity contribution in [2.24, 2.45) is 0 Å². The van der Waals surface area contributed by atoms with Crippen LogP contribution < -0.4 is 10.9 Å². The van der Waals surface area contributed by atoms with Crippen molar-refractivity contribution in [2.75, 3.05) is 16.9 Å². The van der Waals surface area contributed by atoms with E-state index in [-0.39, 0.29) is 5.82 Å². The highest BCUT2D eigenvalue weighted by molar-refractivity contribution is 7.99. The van der Waals surface area contributed by atoms with Gasteiger partial charge in [0, 0.05) is 0 Å². The topological polar surface area (TPSA) is 61.4 Å². The number of amides is 1. The molecule has 6 heteroatoms. The lowest BCUT2D eigenvalue weighted by Gasteiger charge is -2.30. The van der Waals surface area contributed by atoms with Gasteiger partial charge in [0.15, 0.2) is 0 Å². The molecule has 1 aromatic carbocycles. The zero-order valence-electron chi connectivity index (χ0n) is 10.7. The quantitative estimate of drug-likeness (QED) is 0.741. The minimum atomic E-state index is -1.30. The Labute approximate surface area is 115 Å². The van der Waals surface area contributed by atoms with Gasteiger partial charge >= 0.3 is 0 Å². The molecule has 19 heavy (non-hydrogen) atoms. The van der Waals surface area contributed by atoms with Crippen LogP contribution >= 0.6 is 11.8 Å². The van der Waals surface area contributed by atoms with Gasteiger partial charge in [-0.05, 0) is 55.0 Å². The molecule has 2 rings (SSSR count). The molecular formula is C13H17FN2O2S. The molecule has 1 aliphatic rings. The van der Waals surface area contributed by atoms with Crippen LogP contribution in [0.15, 0.2) is 18.2 Å². The van der Waals surface area contributed by atoms with Crippen LogP contribution in [0.5, 0.6) is 0 Å². The summed E-state index contributed by atoms with van der Waals surface area (Å²) in [6.07, 6.45) is 0.904. The fourth-order valence-corrected chi connectivity index (χ4v) is 3.11. The van der Waals surface area contributed by atoms with Crippen molar-refractivity contribution in [1.29, 1.82) is 0 Å². The smallest absolute Gasteiger partial charge is 0.270 e. The summed E-state index contributed by atoms with van der Waals surface area (Å²) in [5.41, 5.74) is 5.23. The van der Waals surface area contributed by atoms with Crippen LogP contribution in [0, 0.1) is 12.7 Å². The van der Waals surface area contributed by atoms with E-state index in [2.05, 4.69) is 10.9 Å². The maximum absolute atomic E-state index is 12.9. The second kappa shape index (κ2) is 5.79. The molecule has 0 unspecified atom stereocenters. The maximum atomic E-state index is 12.9. The van der Waals surface area contributed by atoms with E-state index in [9.17, 15) is 14.3 Å². The first kappa shape index (κ1) is 14.1. The highest BCUT2D eigenvalue weighted by Crippen LogP contribution is 2.27. The van der Waals surface area contributed by atoms with Crippen LogP contribution in [0.1, 0.15) is 18.4 Å². The number of hydrogen-bond donors (Lipinski definition) is 3. The number of hydrazine groups is 1. The van der Waals surface area contributed by atoms with E-state index < -0.39 is 11.5 Å². The zero-order valence-corrected chi connectivity index (χ0v) is 11.5. The number of anilines is 1. The lowest BCUT2D eigenvalue weighted by Crippen LogP contribution is -2.50. The largest absolute Gasteiger partial charge is 0.380 e. The summed E-state index contributed by atoms with van der Waals surface area (Å²) in [6, 6.07) is 4.24. The molecule has 104 valence electrons. The van der Waals surface area contributed by atoms with Gasteiger partial charge < -0.3 is 5.11 Å². The monoisotopic (exact) mass is 284 g/mol. The molecule has 4 nitrogen and oxygen atoms in total. The van der Waals surface area contributed by atoms with Gasteiger partial charge in [0.2, 0.25) is 0 Å².